The molecule has 0 atom stereocenters. The second kappa shape index (κ2) is 7.86. The van der Waals surface area contributed by atoms with E-state index in [1.165, 1.54) is 31.4 Å². The largest absolute Gasteiger partial charge is 0.497 e. The number of hydrogen-bond donors (Lipinski definition) is 2. The number of fused-ring (bicyclic) bond motifs is 1. The Morgan fingerprint density at radius 2 is 1.94 bits per heavy atom. The zero-order valence-corrected chi connectivity index (χ0v) is 16.4. The molecule has 1 aromatic heterocycles. The molecule has 0 saturated heterocycles. The summed E-state index contributed by atoms with van der Waals surface area (Å²) in [5, 5.41) is 18.9. The van der Waals surface area contributed by atoms with E-state index in [-0.39, 0.29) is 22.5 Å². The molecule has 0 unspecified atom stereocenters. The van der Waals surface area contributed by atoms with E-state index < -0.39 is 10.7 Å². The predicted octanol–water partition coefficient (Wildman–Crippen LogP) is 3.82. The van der Waals surface area contributed by atoms with Crippen LogP contribution in [0.1, 0.15) is 11.3 Å². The van der Waals surface area contributed by atoms with Gasteiger partial charge in [-0.05, 0) is 47.5 Å². The first-order valence-corrected chi connectivity index (χ1v) is 9.25. The summed E-state index contributed by atoms with van der Waals surface area (Å²) in [4.78, 5) is 22.7. The van der Waals surface area contributed by atoms with E-state index in [0.29, 0.717) is 39.8 Å². The zero-order valence-electron chi connectivity index (χ0n) is 16.4. The maximum Gasteiger partial charge on any atom is 0.292 e. The maximum absolute atomic E-state index is 14.6. The Balaban J connectivity index is 1.79. The number of ether oxygens (including phenoxy) is 1. The Morgan fingerprint density at radius 3 is 2.68 bits per heavy atom. The van der Waals surface area contributed by atoms with Crippen LogP contribution in [0.3, 0.4) is 0 Å². The minimum absolute atomic E-state index is 0.00293. The number of nitrogens with two attached hydrogens (primary N) is 1. The van der Waals surface area contributed by atoms with Crippen LogP contribution in [-0.2, 0) is 6.42 Å². The van der Waals surface area contributed by atoms with Crippen LogP contribution in [-0.4, -0.2) is 22.2 Å². The van der Waals surface area contributed by atoms with Gasteiger partial charge in [-0.2, -0.15) is 5.10 Å². The molecule has 4 rings (SSSR count). The summed E-state index contributed by atoms with van der Waals surface area (Å²) < 4.78 is 19.8. The zero-order chi connectivity index (χ0) is 22.1. The molecule has 8 nitrogen and oxygen atoms in total. The van der Waals surface area contributed by atoms with Gasteiger partial charge in [0, 0.05) is 23.4 Å². The molecule has 0 aliphatic carbocycles. The minimum Gasteiger partial charge on any atom is -0.497 e. The van der Waals surface area contributed by atoms with Crippen LogP contribution in [0.5, 0.6) is 5.75 Å². The number of nitrogens with zero attached hydrogens (tertiary/aromatic N) is 2. The van der Waals surface area contributed by atoms with Crippen molar-refractivity contribution in [1.29, 1.82) is 0 Å². The highest BCUT2D eigenvalue weighted by Gasteiger charge is 2.16. The monoisotopic (exact) mass is 420 g/mol. The number of H-pyrrole nitrogens is 1. The predicted molar refractivity (Wildman–Crippen MR) is 115 cm³/mol. The highest BCUT2D eigenvalue weighted by Crippen LogP contribution is 2.31. The first-order chi connectivity index (χ1) is 14.9. The van der Waals surface area contributed by atoms with E-state index in [1.807, 2.05) is 0 Å². The quantitative estimate of drug-likeness (QED) is 0.287. The van der Waals surface area contributed by atoms with E-state index in [9.17, 15) is 19.3 Å². The number of nitrogen functional groups attached to an aromatic ring is 1. The van der Waals surface area contributed by atoms with Gasteiger partial charge >= 0.3 is 0 Å². The van der Waals surface area contributed by atoms with Crippen LogP contribution in [0.2, 0.25) is 0 Å². The Hall–Kier alpha value is -4.27. The summed E-state index contributed by atoms with van der Waals surface area (Å²) in [6.45, 7) is 0. The first-order valence-electron chi connectivity index (χ1n) is 9.25. The number of methoxy groups -OCH3 is 1. The molecule has 3 aromatic carbocycles. The number of aromatic nitrogens is 2. The molecule has 0 fully saturated rings. The minimum atomic E-state index is -0.607. The summed E-state index contributed by atoms with van der Waals surface area (Å²) in [7, 11) is 1.53. The van der Waals surface area contributed by atoms with Crippen LogP contribution in [0.4, 0.5) is 15.8 Å². The Labute approximate surface area is 175 Å². The van der Waals surface area contributed by atoms with Crippen molar-refractivity contribution in [2.45, 2.75) is 6.42 Å². The number of nitrogens with one attached hydrogen (secondary N) is 1. The average Bonchev–Trinajstić information content (AvgIpc) is 2.77. The van der Waals surface area contributed by atoms with Crippen LogP contribution >= 0.6 is 0 Å². The van der Waals surface area contributed by atoms with E-state index in [4.69, 9.17) is 10.5 Å². The fraction of sp³-hybridized carbons (Fsp3) is 0.0909. The van der Waals surface area contributed by atoms with Crippen molar-refractivity contribution in [3.05, 3.63) is 92.1 Å². The van der Waals surface area contributed by atoms with Gasteiger partial charge in [-0.1, -0.05) is 12.1 Å². The summed E-state index contributed by atoms with van der Waals surface area (Å²) in [5.41, 5.74) is 6.86. The number of anilines is 1. The Bertz CT molecular complexity index is 1380. The lowest BCUT2D eigenvalue weighted by molar-refractivity contribution is -0.383. The molecule has 31 heavy (non-hydrogen) atoms. The fourth-order valence-electron chi connectivity index (χ4n) is 3.43. The lowest BCUT2D eigenvalue weighted by Crippen LogP contribution is -2.11. The molecule has 9 heteroatoms. The molecular formula is C22H17FN4O4. The molecule has 0 aliphatic heterocycles. The van der Waals surface area contributed by atoms with Crippen molar-refractivity contribution in [3.63, 3.8) is 0 Å². The SMILES string of the molecule is COc1ccc2c(=O)[nH]nc(Cc3ccc(F)c(-c4ccc(N)c([N+](=O)[O-])c4)c3)c2c1. The second-order valence-corrected chi connectivity index (χ2v) is 6.93. The van der Waals surface area contributed by atoms with Crippen molar-refractivity contribution in [2.24, 2.45) is 0 Å². The van der Waals surface area contributed by atoms with Gasteiger partial charge in [0.25, 0.3) is 11.2 Å². The highest BCUT2D eigenvalue weighted by molar-refractivity contribution is 5.85. The second-order valence-electron chi connectivity index (χ2n) is 6.93. The van der Waals surface area contributed by atoms with Crippen molar-refractivity contribution in [1.82, 2.24) is 10.2 Å². The van der Waals surface area contributed by atoms with Crippen LogP contribution in [0.25, 0.3) is 21.9 Å². The van der Waals surface area contributed by atoms with Gasteiger partial charge in [-0.25, -0.2) is 9.49 Å². The molecule has 0 spiro atoms. The van der Waals surface area contributed by atoms with Gasteiger partial charge < -0.3 is 10.5 Å². The van der Waals surface area contributed by atoms with Crippen molar-refractivity contribution in [2.75, 3.05) is 12.8 Å². The van der Waals surface area contributed by atoms with Crippen molar-refractivity contribution >= 4 is 22.1 Å². The van der Waals surface area contributed by atoms with Crippen molar-refractivity contribution in [3.8, 4) is 16.9 Å². The van der Waals surface area contributed by atoms with Gasteiger partial charge in [-0.15, -0.1) is 0 Å². The first kappa shape index (κ1) is 20.0. The average molecular weight is 420 g/mol. The van der Waals surface area contributed by atoms with Gasteiger partial charge in [0.15, 0.2) is 0 Å². The normalized spacial score (nSPS) is 10.9. The highest BCUT2D eigenvalue weighted by atomic mass is 19.1. The fourth-order valence-corrected chi connectivity index (χ4v) is 3.43. The lowest BCUT2D eigenvalue weighted by atomic mass is 9.98. The van der Waals surface area contributed by atoms with Crippen LogP contribution in [0.15, 0.2) is 59.4 Å². The number of rotatable bonds is 5. The molecular weight excluding hydrogens is 403 g/mol. The van der Waals surface area contributed by atoms with E-state index in [0.717, 1.165) is 0 Å². The van der Waals surface area contributed by atoms with Crippen molar-refractivity contribution < 1.29 is 14.1 Å². The summed E-state index contributed by atoms with van der Waals surface area (Å²) in [5.74, 6) is 0.0545. The number of aromatic amines is 1. The van der Waals surface area contributed by atoms with Gasteiger partial charge in [0.2, 0.25) is 0 Å². The third-order valence-electron chi connectivity index (χ3n) is 5.02. The number of nitro benzene ring substituents is 1. The smallest absolute Gasteiger partial charge is 0.292 e. The molecule has 0 aliphatic rings. The molecule has 0 amide bonds. The standard InChI is InChI=1S/C22H17FN4O4/c1-31-14-4-5-15-17(11-14)20(25-26-22(15)28)9-12-2-6-18(23)16(8-12)13-3-7-19(24)21(10-13)27(29)30/h2-8,10-11H,9,24H2,1H3,(H,26,28). The third kappa shape index (κ3) is 3.80. The maximum atomic E-state index is 14.6. The van der Waals surface area contributed by atoms with Gasteiger partial charge in [0.1, 0.15) is 17.3 Å². The molecule has 156 valence electrons. The van der Waals surface area contributed by atoms with Crippen LogP contribution < -0.4 is 16.0 Å². The number of benzene rings is 3. The van der Waals surface area contributed by atoms with Gasteiger partial charge in [-0.3, -0.25) is 14.9 Å². The van der Waals surface area contributed by atoms with E-state index in [1.54, 1.807) is 30.3 Å². The summed E-state index contributed by atoms with van der Waals surface area (Å²) >= 11 is 0. The topological polar surface area (TPSA) is 124 Å². The number of hydrogen-bond acceptors (Lipinski definition) is 6. The number of nitro groups is 1. The molecule has 0 saturated carbocycles. The molecule has 0 bridgehead atoms. The van der Waals surface area contributed by atoms with Crippen LogP contribution in [0, 0.1) is 15.9 Å². The Morgan fingerprint density at radius 1 is 1.13 bits per heavy atom. The molecule has 1 heterocycles. The van der Waals surface area contributed by atoms with E-state index >= 15 is 0 Å². The molecule has 0 radical (unpaired) electrons. The summed E-state index contributed by atoms with van der Waals surface area (Å²) in [6, 6.07) is 13.7. The molecule has 3 N–H and O–H groups in total. The molecule has 4 aromatic rings. The number of halogens is 1. The van der Waals surface area contributed by atoms with Gasteiger partial charge in [0.05, 0.1) is 23.1 Å². The van der Waals surface area contributed by atoms with E-state index in [2.05, 4.69) is 10.2 Å². The lowest BCUT2D eigenvalue weighted by Gasteiger charge is -2.10. The third-order valence-corrected chi connectivity index (χ3v) is 5.02. The Kier molecular flexibility index (Phi) is 5.08. The summed E-state index contributed by atoms with van der Waals surface area (Å²) in [6.07, 6.45) is 0.296.